The summed E-state index contributed by atoms with van der Waals surface area (Å²) in [5.41, 5.74) is 3.12. The number of hydrogen-bond donors (Lipinski definition) is 0. The van der Waals surface area contributed by atoms with Gasteiger partial charge >= 0.3 is 0 Å². The van der Waals surface area contributed by atoms with Crippen molar-refractivity contribution in [3.05, 3.63) is 29.3 Å². The first kappa shape index (κ1) is 14.8. The van der Waals surface area contributed by atoms with E-state index in [1.165, 1.54) is 18.4 Å². The van der Waals surface area contributed by atoms with Crippen molar-refractivity contribution < 1.29 is 17.9 Å². The predicted octanol–water partition coefficient (Wildman–Crippen LogP) is 2.86. The van der Waals surface area contributed by atoms with E-state index in [2.05, 4.69) is 0 Å². The summed E-state index contributed by atoms with van der Waals surface area (Å²) in [5, 5.41) is 0. The molecule has 3 aliphatic heterocycles. The van der Waals surface area contributed by atoms with Gasteiger partial charge in [0.15, 0.2) is 11.5 Å². The highest BCUT2D eigenvalue weighted by Gasteiger charge is 2.46. The fourth-order valence-corrected chi connectivity index (χ4v) is 6.26. The van der Waals surface area contributed by atoms with E-state index in [4.69, 9.17) is 9.47 Å². The molecular weight excluding hydrogens is 326 g/mol. The number of benzene rings is 1. The molecule has 0 N–H and O–H groups in total. The number of rotatable bonds is 2. The first-order valence-electron chi connectivity index (χ1n) is 8.76. The van der Waals surface area contributed by atoms with E-state index in [0.717, 1.165) is 25.7 Å². The number of ether oxygens (including phenoxy) is 2. The van der Waals surface area contributed by atoms with Crippen LogP contribution in [0.2, 0.25) is 0 Å². The Balaban J connectivity index is 1.49. The smallest absolute Gasteiger partial charge is 0.243 e. The number of allylic oxidation sites excluding steroid dienone is 1. The van der Waals surface area contributed by atoms with Crippen LogP contribution in [0.25, 0.3) is 0 Å². The standard InChI is InChI=1S/C18H21NO4S/c20-24(21,16-5-6-17-18(11-16)23-8-7-22-17)19-14-3-4-15(19)10-13(9-14)12-1-2-12/h5-6,11,14-15H,1-4,7-10H2. The zero-order chi connectivity index (χ0) is 16.3. The third kappa shape index (κ3) is 2.27. The molecule has 6 heteroatoms. The van der Waals surface area contributed by atoms with E-state index in [0.29, 0.717) is 29.6 Å². The molecule has 2 atom stereocenters. The molecule has 0 radical (unpaired) electrons. The van der Waals surface area contributed by atoms with Gasteiger partial charge in [0.1, 0.15) is 13.2 Å². The molecule has 3 heterocycles. The molecule has 3 fully saturated rings. The molecule has 1 aromatic carbocycles. The average molecular weight is 347 g/mol. The topological polar surface area (TPSA) is 55.8 Å². The van der Waals surface area contributed by atoms with Gasteiger partial charge in [0.05, 0.1) is 4.90 Å². The fraction of sp³-hybridized carbons (Fsp3) is 0.556. The second kappa shape index (κ2) is 5.23. The molecule has 2 unspecified atom stereocenters. The van der Waals surface area contributed by atoms with Crippen molar-refractivity contribution in [3.63, 3.8) is 0 Å². The van der Waals surface area contributed by atoms with Crippen LogP contribution in [0.1, 0.15) is 38.5 Å². The van der Waals surface area contributed by atoms with Crippen molar-refractivity contribution in [2.75, 3.05) is 13.2 Å². The maximum absolute atomic E-state index is 13.2. The van der Waals surface area contributed by atoms with Gasteiger partial charge in [0.2, 0.25) is 10.0 Å². The van der Waals surface area contributed by atoms with Crippen molar-refractivity contribution in [2.24, 2.45) is 0 Å². The third-order valence-corrected chi connectivity index (χ3v) is 7.61. The lowest BCUT2D eigenvalue weighted by molar-refractivity contribution is 0.171. The van der Waals surface area contributed by atoms with Crippen LogP contribution in [-0.2, 0) is 10.0 Å². The highest BCUT2D eigenvalue weighted by atomic mass is 32.2. The zero-order valence-electron chi connectivity index (χ0n) is 13.5. The van der Waals surface area contributed by atoms with Gasteiger partial charge in [0, 0.05) is 18.2 Å². The molecule has 1 saturated carbocycles. The van der Waals surface area contributed by atoms with E-state index in [1.54, 1.807) is 28.1 Å². The Morgan fingerprint density at radius 2 is 1.58 bits per heavy atom. The average Bonchev–Trinajstić information content (AvgIpc) is 3.40. The van der Waals surface area contributed by atoms with Crippen molar-refractivity contribution >= 4 is 10.0 Å². The molecule has 1 aromatic rings. The summed E-state index contributed by atoms with van der Waals surface area (Å²) >= 11 is 0. The molecule has 5 rings (SSSR count). The summed E-state index contributed by atoms with van der Waals surface area (Å²) in [4.78, 5) is 0.325. The molecule has 0 spiro atoms. The summed E-state index contributed by atoms with van der Waals surface area (Å²) in [5.74, 6) is 1.16. The minimum atomic E-state index is -3.48. The molecule has 1 aliphatic carbocycles. The van der Waals surface area contributed by atoms with E-state index in [-0.39, 0.29) is 12.1 Å². The summed E-state index contributed by atoms with van der Waals surface area (Å²) in [6, 6.07) is 5.25. The van der Waals surface area contributed by atoms with Gasteiger partial charge in [-0.1, -0.05) is 11.1 Å². The lowest BCUT2D eigenvalue weighted by Gasteiger charge is -2.35. The molecule has 5 nitrogen and oxygen atoms in total. The number of fused-ring (bicyclic) bond motifs is 3. The SMILES string of the molecule is O=S(=O)(c1ccc2c(c1)OCCO2)N1C2CCC1CC(=C1CC1)C2. The number of hydrogen-bond acceptors (Lipinski definition) is 4. The lowest BCUT2D eigenvalue weighted by Crippen LogP contribution is -2.44. The molecule has 4 aliphatic rings. The Morgan fingerprint density at radius 1 is 0.917 bits per heavy atom. The van der Waals surface area contributed by atoms with Crippen LogP contribution in [0.4, 0.5) is 0 Å². The first-order valence-corrected chi connectivity index (χ1v) is 10.2. The van der Waals surface area contributed by atoms with Crippen LogP contribution in [0, 0.1) is 0 Å². The molecule has 0 amide bonds. The normalized spacial score (nSPS) is 29.0. The highest BCUT2D eigenvalue weighted by Crippen LogP contribution is 2.47. The van der Waals surface area contributed by atoms with E-state index < -0.39 is 10.0 Å². The Bertz CT molecular complexity index is 807. The molecule has 24 heavy (non-hydrogen) atoms. The molecule has 2 bridgehead atoms. The molecule has 0 aromatic heterocycles. The monoisotopic (exact) mass is 347 g/mol. The van der Waals surface area contributed by atoms with Crippen molar-refractivity contribution in [2.45, 2.75) is 55.5 Å². The largest absolute Gasteiger partial charge is 0.486 e. The molecule has 128 valence electrons. The fourth-order valence-electron chi connectivity index (χ4n) is 4.38. The minimum Gasteiger partial charge on any atom is -0.486 e. The molecular formula is C18H21NO4S. The summed E-state index contributed by atoms with van der Waals surface area (Å²) in [6.45, 7) is 0.967. The van der Waals surface area contributed by atoms with Crippen LogP contribution < -0.4 is 9.47 Å². The van der Waals surface area contributed by atoms with Gasteiger partial charge in [-0.05, 0) is 50.7 Å². The second-order valence-corrected chi connectivity index (χ2v) is 8.98. The van der Waals surface area contributed by atoms with Gasteiger partial charge < -0.3 is 9.47 Å². The van der Waals surface area contributed by atoms with Crippen molar-refractivity contribution in [3.8, 4) is 11.5 Å². The highest BCUT2D eigenvalue weighted by molar-refractivity contribution is 7.89. The second-order valence-electron chi connectivity index (χ2n) is 7.14. The quantitative estimate of drug-likeness (QED) is 0.772. The van der Waals surface area contributed by atoms with Crippen LogP contribution >= 0.6 is 0 Å². The van der Waals surface area contributed by atoms with Crippen LogP contribution in [0.15, 0.2) is 34.2 Å². The van der Waals surface area contributed by atoms with Crippen LogP contribution in [-0.4, -0.2) is 38.0 Å². The Kier molecular flexibility index (Phi) is 3.22. The van der Waals surface area contributed by atoms with Crippen molar-refractivity contribution in [1.29, 1.82) is 0 Å². The zero-order valence-corrected chi connectivity index (χ0v) is 14.3. The summed E-state index contributed by atoms with van der Waals surface area (Å²) in [7, 11) is -3.48. The minimum absolute atomic E-state index is 0.130. The van der Waals surface area contributed by atoms with Gasteiger partial charge in [-0.15, -0.1) is 0 Å². The van der Waals surface area contributed by atoms with E-state index in [1.807, 2.05) is 0 Å². The van der Waals surface area contributed by atoms with E-state index in [9.17, 15) is 8.42 Å². The maximum atomic E-state index is 13.2. The summed E-state index contributed by atoms with van der Waals surface area (Å²) in [6.07, 6.45) is 6.26. The third-order valence-electron chi connectivity index (χ3n) is 5.61. The maximum Gasteiger partial charge on any atom is 0.243 e. The Labute approximate surface area is 142 Å². The van der Waals surface area contributed by atoms with Gasteiger partial charge in [-0.25, -0.2) is 8.42 Å². The van der Waals surface area contributed by atoms with Gasteiger partial charge in [-0.3, -0.25) is 0 Å². The van der Waals surface area contributed by atoms with Crippen LogP contribution in [0.3, 0.4) is 0 Å². The Morgan fingerprint density at radius 3 is 2.25 bits per heavy atom. The van der Waals surface area contributed by atoms with Gasteiger partial charge in [-0.2, -0.15) is 4.31 Å². The first-order chi connectivity index (χ1) is 11.6. The number of piperidine rings is 1. The summed E-state index contributed by atoms with van der Waals surface area (Å²) < 4.78 is 39.3. The van der Waals surface area contributed by atoms with Gasteiger partial charge in [0.25, 0.3) is 0 Å². The van der Waals surface area contributed by atoms with E-state index >= 15 is 0 Å². The van der Waals surface area contributed by atoms with Crippen LogP contribution in [0.5, 0.6) is 11.5 Å². The van der Waals surface area contributed by atoms with Crippen molar-refractivity contribution in [1.82, 2.24) is 4.31 Å². The number of nitrogens with zero attached hydrogens (tertiary/aromatic N) is 1. The predicted molar refractivity (Wildman–Crippen MR) is 88.8 cm³/mol. The lowest BCUT2D eigenvalue weighted by atomic mass is 9.98. The number of sulfonamides is 1. The Hall–Kier alpha value is -1.53. The molecule has 2 saturated heterocycles.